The van der Waals surface area contributed by atoms with E-state index in [9.17, 15) is 9.59 Å². The van der Waals surface area contributed by atoms with E-state index in [1.807, 2.05) is 23.1 Å². The van der Waals surface area contributed by atoms with Crippen LogP contribution in [0.3, 0.4) is 0 Å². The summed E-state index contributed by atoms with van der Waals surface area (Å²) < 4.78 is 1.02. The Morgan fingerprint density at radius 1 is 1.17 bits per heavy atom. The van der Waals surface area contributed by atoms with Gasteiger partial charge in [-0.05, 0) is 46.1 Å². The number of nitrogens with one attached hydrogen (secondary N) is 1. The minimum absolute atomic E-state index is 0.0531. The second-order valence-corrected chi connectivity index (χ2v) is 10.2. The van der Waals surface area contributed by atoms with Crippen molar-refractivity contribution in [3.8, 4) is 0 Å². The molecule has 0 radical (unpaired) electrons. The Balaban J connectivity index is 1.62. The molecule has 5 nitrogen and oxygen atoms in total. The van der Waals surface area contributed by atoms with Gasteiger partial charge in [-0.1, -0.05) is 38.0 Å². The Bertz CT molecular complexity index is 1100. The summed E-state index contributed by atoms with van der Waals surface area (Å²) in [5, 5.41) is 1.15. The van der Waals surface area contributed by atoms with Gasteiger partial charge in [0.25, 0.3) is 5.91 Å². The van der Waals surface area contributed by atoms with Crippen LogP contribution in [0.5, 0.6) is 0 Å². The molecule has 0 spiro atoms. The van der Waals surface area contributed by atoms with Crippen LogP contribution in [-0.2, 0) is 11.2 Å². The van der Waals surface area contributed by atoms with Gasteiger partial charge >= 0.3 is 6.03 Å². The van der Waals surface area contributed by atoms with Crippen molar-refractivity contribution in [3.63, 3.8) is 0 Å². The predicted octanol–water partition coefficient (Wildman–Crippen LogP) is 5.46. The number of aromatic amines is 1. The molecule has 0 saturated carbocycles. The topological polar surface area (TPSA) is 56.4 Å². The summed E-state index contributed by atoms with van der Waals surface area (Å²) in [7, 11) is 0. The number of carbonyl (C=O) groups excluding carboxylic acids is 2. The molecule has 0 unspecified atom stereocenters. The molecule has 0 bridgehead atoms. The molecule has 2 aliphatic heterocycles. The summed E-state index contributed by atoms with van der Waals surface area (Å²) in [6, 6.07) is 11.4. The number of halogens is 1. The van der Waals surface area contributed by atoms with Crippen LogP contribution in [0, 0.1) is 0 Å². The zero-order valence-corrected chi connectivity index (χ0v) is 18.6. The highest BCUT2D eigenvalue weighted by Crippen LogP contribution is 2.46. The van der Waals surface area contributed by atoms with Crippen LogP contribution in [0.2, 0.25) is 0 Å². The lowest BCUT2D eigenvalue weighted by atomic mass is 9.91. The summed E-state index contributed by atoms with van der Waals surface area (Å²) in [6.45, 7) is 2.63. The van der Waals surface area contributed by atoms with E-state index in [0.29, 0.717) is 13.0 Å². The molecule has 1 saturated heterocycles. The Morgan fingerprint density at radius 2 is 2.00 bits per heavy atom. The standard InChI is InChI=1S/C22H22BrN3O2S/c1-2-3-6-11-25-21(27)16-12-14-13-7-4-5-8-15(13)24-19(14)20(26(16)22(25)28)17-9-10-18(23)29-17/h4-5,7-10,16,20,24H,2-3,6,11-12H2,1H3/t16-,20+/m0/s1. The third kappa shape index (κ3) is 2.94. The molecule has 150 valence electrons. The third-order valence-corrected chi connectivity index (χ3v) is 7.66. The number of imide groups is 1. The van der Waals surface area contributed by atoms with Crippen molar-refractivity contribution in [1.82, 2.24) is 14.8 Å². The summed E-state index contributed by atoms with van der Waals surface area (Å²) in [5.41, 5.74) is 3.25. The number of para-hydroxylation sites is 1. The molecule has 4 heterocycles. The van der Waals surface area contributed by atoms with Crippen molar-refractivity contribution in [1.29, 1.82) is 0 Å². The minimum atomic E-state index is -0.429. The van der Waals surface area contributed by atoms with Crippen LogP contribution in [0.1, 0.15) is 48.4 Å². The van der Waals surface area contributed by atoms with Gasteiger partial charge < -0.3 is 4.98 Å². The van der Waals surface area contributed by atoms with E-state index in [-0.39, 0.29) is 18.0 Å². The summed E-state index contributed by atoms with van der Waals surface area (Å²) in [4.78, 5) is 34.5. The number of hydrogen-bond acceptors (Lipinski definition) is 3. The number of H-pyrrole nitrogens is 1. The predicted molar refractivity (Wildman–Crippen MR) is 118 cm³/mol. The number of hydrogen-bond donors (Lipinski definition) is 1. The number of urea groups is 1. The van der Waals surface area contributed by atoms with Crippen LogP contribution in [0.25, 0.3) is 10.9 Å². The van der Waals surface area contributed by atoms with E-state index in [4.69, 9.17) is 0 Å². The molecular formula is C22H22BrN3O2S. The van der Waals surface area contributed by atoms with Gasteiger partial charge in [-0.3, -0.25) is 14.6 Å². The molecule has 3 aromatic rings. The van der Waals surface area contributed by atoms with E-state index >= 15 is 0 Å². The molecule has 0 aliphatic carbocycles. The first-order valence-electron chi connectivity index (χ1n) is 10.1. The molecule has 1 aromatic carbocycles. The Kier molecular flexibility index (Phi) is 4.75. The fraction of sp³-hybridized carbons (Fsp3) is 0.364. The van der Waals surface area contributed by atoms with Crippen LogP contribution < -0.4 is 0 Å². The van der Waals surface area contributed by atoms with Gasteiger partial charge in [-0.2, -0.15) is 0 Å². The van der Waals surface area contributed by atoms with Crippen LogP contribution >= 0.6 is 27.3 Å². The fourth-order valence-corrected chi connectivity index (χ4v) is 6.16. The minimum Gasteiger partial charge on any atom is -0.356 e. The Morgan fingerprint density at radius 3 is 2.76 bits per heavy atom. The van der Waals surface area contributed by atoms with Gasteiger partial charge in [0.2, 0.25) is 0 Å². The second-order valence-electron chi connectivity index (χ2n) is 7.71. The molecule has 1 fully saturated rings. The zero-order chi connectivity index (χ0) is 20.1. The highest BCUT2D eigenvalue weighted by molar-refractivity contribution is 9.11. The fourth-order valence-electron chi connectivity index (χ4n) is 4.63. The van der Waals surface area contributed by atoms with E-state index in [0.717, 1.165) is 50.1 Å². The molecular weight excluding hydrogens is 450 g/mol. The van der Waals surface area contributed by atoms with Gasteiger partial charge in [0, 0.05) is 34.4 Å². The maximum atomic E-state index is 13.4. The van der Waals surface area contributed by atoms with Crippen molar-refractivity contribution in [2.45, 2.75) is 44.7 Å². The molecule has 7 heteroatoms. The first-order valence-corrected chi connectivity index (χ1v) is 11.7. The molecule has 2 atom stereocenters. The molecule has 29 heavy (non-hydrogen) atoms. The van der Waals surface area contributed by atoms with Gasteiger partial charge in [0.1, 0.15) is 12.1 Å². The largest absolute Gasteiger partial charge is 0.356 e. The van der Waals surface area contributed by atoms with Crippen molar-refractivity contribution < 1.29 is 9.59 Å². The lowest BCUT2D eigenvalue weighted by Gasteiger charge is -2.35. The normalized spacial score (nSPS) is 21.2. The molecule has 3 amide bonds. The average molecular weight is 472 g/mol. The second kappa shape index (κ2) is 7.29. The Hall–Kier alpha value is -2.12. The molecule has 2 aromatic heterocycles. The highest BCUT2D eigenvalue weighted by atomic mass is 79.9. The van der Waals surface area contributed by atoms with Crippen molar-refractivity contribution in [2.24, 2.45) is 0 Å². The number of unbranched alkanes of at least 4 members (excludes halogenated alkanes) is 2. The lowest BCUT2D eigenvalue weighted by Crippen LogP contribution is -2.43. The number of nitrogens with zero attached hydrogens (tertiary/aromatic N) is 2. The van der Waals surface area contributed by atoms with E-state index in [1.165, 1.54) is 4.90 Å². The number of carbonyl (C=O) groups is 2. The van der Waals surface area contributed by atoms with Gasteiger partial charge in [0.15, 0.2) is 0 Å². The van der Waals surface area contributed by atoms with Crippen LogP contribution in [0.4, 0.5) is 4.79 Å². The first kappa shape index (κ1) is 18.9. The zero-order valence-electron chi connectivity index (χ0n) is 16.2. The molecule has 2 aliphatic rings. The third-order valence-electron chi connectivity index (χ3n) is 5.98. The van der Waals surface area contributed by atoms with Crippen molar-refractivity contribution in [2.75, 3.05) is 6.54 Å². The molecule has 5 rings (SSSR count). The summed E-state index contributed by atoms with van der Waals surface area (Å²) in [5.74, 6) is -0.0531. The van der Waals surface area contributed by atoms with Gasteiger partial charge in [-0.25, -0.2) is 4.79 Å². The number of amides is 3. The van der Waals surface area contributed by atoms with E-state index in [1.54, 1.807) is 11.3 Å². The summed E-state index contributed by atoms with van der Waals surface area (Å²) in [6.07, 6.45) is 3.51. The van der Waals surface area contributed by atoms with Gasteiger partial charge in [0.05, 0.1) is 3.79 Å². The van der Waals surface area contributed by atoms with E-state index < -0.39 is 6.04 Å². The monoisotopic (exact) mass is 471 g/mol. The molecule has 1 N–H and O–H groups in total. The number of thiophene rings is 1. The summed E-state index contributed by atoms with van der Waals surface area (Å²) >= 11 is 5.17. The number of aromatic nitrogens is 1. The van der Waals surface area contributed by atoms with Crippen LogP contribution in [-0.4, -0.2) is 39.3 Å². The maximum absolute atomic E-state index is 13.4. The number of fused-ring (bicyclic) bond motifs is 4. The quantitative estimate of drug-likeness (QED) is 0.396. The average Bonchev–Trinajstić information content (AvgIpc) is 3.37. The van der Waals surface area contributed by atoms with Crippen LogP contribution in [0.15, 0.2) is 40.2 Å². The lowest BCUT2D eigenvalue weighted by molar-refractivity contribution is -0.128. The van der Waals surface area contributed by atoms with Gasteiger partial charge in [-0.15, -0.1) is 11.3 Å². The first-order chi connectivity index (χ1) is 14.1. The Labute approximate surface area is 181 Å². The smallest absolute Gasteiger partial charge is 0.328 e. The SMILES string of the molecule is CCCCCN1C(=O)[C@@H]2Cc3c([nH]c4ccccc34)[C@@H](c3ccc(Br)s3)N2C1=O. The van der Waals surface area contributed by atoms with Crippen molar-refractivity contribution >= 4 is 50.1 Å². The van der Waals surface area contributed by atoms with Crippen molar-refractivity contribution in [3.05, 3.63) is 56.3 Å². The highest BCUT2D eigenvalue weighted by Gasteiger charge is 2.52. The number of benzene rings is 1. The number of rotatable bonds is 5. The van der Waals surface area contributed by atoms with E-state index in [2.05, 4.69) is 46.0 Å². The maximum Gasteiger partial charge on any atom is 0.328 e.